The Morgan fingerprint density at radius 1 is 1.15 bits per heavy atom. The van der Waals surface area contributed by atoms with Gasteiger partial charge >= 0.3 is 6.09 Å². The largest absolute Gasteiger partial charge is 0.444 e. The predicted octanol–water partition coefficient (Wildman–Crippen LogP) is 0.333. The van der Waals surface area contributed by atoms with Crippen LogP contribution in [0, 0.1) is 0 Å². The van der Waals surface area contributed by atoms with Crippen LogP contribution in [0.2, 0.25) is 0 Å². The van der Waals surface area contributed by atoms with Crippen LogP contribution in [0.25, 0.3) is 0 Å². The summed E-state index contributed by atoms with van der Waals surface area (Å²) in [5.41, 5.74) is 11.2. The summed E-state index contributed by atoms with van der Waals surface area (Å²) in [6.45, 7) is 7.37. The molecule has 0 aliphatic rings. The Labute approximate surface area is 152 Å². The van der Waals surface area contributed by atoms with E-state index in [0.29, 0.717) is 11.3 Å². The number of nitrogens with two attached hydrogens (primary N) is 2. The maximum absolute atomic E-state index is 12.0. The Balaban J connectivity index is 2.48. The summed E-state index contributed by atoms with van der Waals surface area (Å²) in [5.74, 6) is 0.0219. The molecule has 0 bridgehead atoms. The average molecular weight is 363 g/mol. The molecule has 26 heavy (non-hydrogen) atoms. The molecule has 0 spiro atoms. The molecule has 10 heteroatoms. The summed E-state index contributed by atoms with van der Waals surface area (Å²) in [7, 11) is 0. The number of carbonyl (C=O) groups excluding carboxylic acids is 2. The Morgan fingerprint density at radius 2 is 1.81 bits per heavy atom. The van der Waals surface area contributed by atoms with E-state index in [9.17, 15) is 9.59 Å². The van der Waals surface area contributed by atoms with Crippen molar-refractivity contribution in [2.45, 2.75) is 33.3 Å². The van der Waals surface area contributed by atoms with Gasteiger partial charge in [-0.25, -0.2) is 4.79 Å². The van der Waals surface area contributed by atoms with Crippen molar-refractivity contribution in [2.75, 3.05) is 13.1 Å². The molecule has 10 nitrogen and oxygen atoms in total. The molecule has 1 rings (SSSR count). The summed E-state index contributed by atoms with van der Waals surface area (Å²) in [6.07, 6.45) is 0.829. The normalized spacial score (nSPS) is 12.5. The SMILES string of the molecule is C/C(N)=N/N=C(\N)c1ccc(C(=O)NCCNC(=O)OC(C)(C)C)cn1. The van der Waals surface area contributed by atoms with Gasteiger partial charge in [0.1, 0.15) is 17.1 Å². The van der Waals surface area contributed by atoms with Gasteiger partial charge in [-0.05, 0) is 39.8 Å². The fraction of sp³-hybridized carbons (Fsp3) is 0.438. The minimum Gasteiger partial charge on any atom is -0.444 e. The molecule has 1 aromatic rings. The second kappa shape index (κ2) is 9.35. The van der Waals surface area contributed by atoms with Gasteiger partial charge in [0.05, 0.1) is 5.56 Å². The van der Waals surface area contributed by atoms with Crippen LogP contribution in [0.15, 0.2) is 28.5 Å². The predicted molar refractivity (Wildman–Crippen MR) is 98.8 cm³/mol. The number of ether oxygens (including phenoxy) is 1. The minimum absolute atomic E-state index is 0.0864. The Kier molecular flexibility index (Phi) is 7.51. The second-order valence-corrected chi connectivity index (χ2v) is 6.34. The first-order valence-corrected chi connectivity index (χ1v) is 7.93. The molecule has 0 atom stereocenters. The van der Waals surface area contributed by atoms with Gasteiger partial charge in [0.25, 0.3) is 5.91 Å². The zero-order chi connectivity index (χ0) is 19.7. The lowest BCUT2D eigenvalue weighted by Gasteiger charge is -2.19. The van der Waals surface area contributed by atoms with Crippen molar-refractivity contribution < 1.29 is 14.3 Å². The van der Waals surface area contributed by atoms with Crippen LogP contribution in [0.4, 0.5) is 4.79 Å². The molecule has 0 saturated carbocycles. The molecule has 0 aliphatic heterocycles. The van der Waals surface area contributed by atoms with E-state index in [4.69, 9.17) is 16.2 Å². The van der Waals surface area contributed by atoms with E-state index in [0.717, 1.165) is 0 Å². The number of hydrogen-bond acceptors (Lipinski definition) is 6. The minimum atomic E-state index is -0.569. The summed E-state index contributed by atoms with van der Waals surface area (Å²) < 4.78 is 5.09. The van der Waals surface area contributed by atoms with E-state index in [1.54, 1.807) is 39.8 Å². The highest BCUT2D eigenvalue weighted by molar-refractivity contribution is 5.98. The molecular formula is C16H25N7O3. The molecule has 142 valence electrons. The molecule has 1 aromatic heterocycles. The highest BCUT2D eigenvalue weighted by Gasteiger charge is 2.15. The van der Waals surface area contributed by atoms with Crippen LogP contribution in [0.5, 0.6) is 0 Å². The van der Waals surface area contributed by atoms with Crippen molar-refractivity contribution in [1.29, 1.82) is 0 Å². The van der Waals surface area contributed by atoms with E-state index >= 15 is 0 Å². The molecule has 0 saturated heterocycles. The molecule has 6 N–H and O–H groups in total. The van der Waals surface area contributed by atoms with E-state index in [1.165, 1.54) is 6.20 Å². The molecule has 0 radical (unpaired) electrons. The number of amides is 2. The van der Waals surface area contributed by atoms with Crippen LogP contribution in [0.1, 0.15) is 43.7 Å². The van der Waals surface area contributed by atoms with Crippen molar-refractivity contribution >= 4 is 23.7 Å². The van der Waals surface area contributed by atoms with Crippen LogP contribution < -0.4 is 22.1 Å². The number of pyridine rings is 1. The smallest absolute Gasteiger partial charge is 0.407 e. The molecule has 0 fully saturated rings. The fourth-order valence-corrected chi connectivity index (χ4v) is 1.62. The summed E-state index contributed by atoms with van der Waals surface area (Å²) >= 11 is 0. The van der Waals surface area contributed by atoms with Crippen molar-refractivity contribution in [3.8, 4) is 0 Å². The summed E-state index contributed by atoms with van der Waals surface area (Å²) in [6, 6.07) is 3.11. The van der Waals surface area contributed by atoms with Crippen molar-refractivity contribution in [2.24, 2.45) is 21.7 Å². The molecule has 1 heterocycles. The fourth-order valence-electron chi connectivity index (χ4n) is 1.62. The molecule has 0 aromatic carbocycles. The Bertz CT molecular complexity index is 687. The first kappa shape index (κ1) is 20.9. The lowest BCUT2D eigenvalue weighted by atomic mass is 10.2. The monoisotopic (exact) mass is 363 g/mol. The van der Waals surface area contributed by atoms with Crippen LogP contribution in [0.3, 0.4) is 0 Å². The van der Waals surface area contributed by atoms with Gasteiger partial charge in [0.15, 0.2) is 5.84 Å². The van der Waals surface area contributed by atoms with E-state index in [1.807, 2.05) is 0 Å². The lowest BCUT2D eigenvalue weighted by molar-refractivity contribution is 0.0526. The molecular weight excluding hydrogens is 338 g/mol. The van der Waals surface area contributed by atoms with Gasteiger partial charge < -0.3 is 26.8 Å². The zero-order valence-electron chi connectivity index (χ0n) is 15.4. The summed E-state index contributed by atoms with van der Waals surface area (Å²) in [4.78, 5) is 27.6. The van der Waals surface area contributed by atoms with Gasteiger partial charge in [-0.2, -0.15) is 0 Å². The van der Waals surface area contributed by atoms with Crippen LogP contribution in [-0.4, -0.2) is 47.3 Å². The maximum atomic E-state index is 12.0. The van der Waals surface area contributed by atoms with Gasteiger partial charge in [-0.3, -0.25) is 9.78 Å². The van der Waals surface area contributed by atoms with Gasteiger partial charge in [-0.1, -0.05) is 0 Å². The Hall–Kier alpha value is -3.17. The first-order chi connectivity index (χ1) is 12.1. The van der Waals surface area contributed by atoms with E-state index in [-0.39, 0.29) is 30.7 Å². The highest BCUT2D eigenvalue weighted by Crippen LogP contribution is 2.06. The summed E-state index contributed by atoms with van der Waals surface area (Å²) in [5, 5.41) is 12.6. The number of nitrogens with one attached hydrogen (secondary N) is 2. The number of amidine groups is 2. The lowest BCUT2D eigenvalue weighted by Crippen LogP contribution is -2.37. The van der Waals surface area contributed by atoms with Gasteiger partial charge in [-0.15, -0.1) is 10.2 Å². The number of carbonyl (C=O) groups is 2. The van der Waals surface area contributed by atoms with Crippen molar-refractivity contribution in [1.82, 2.24) is 15.6 Å². The second-order valence-electron chi connectivity index (χ2n) is 6.34. The van der Waals surface area contributed by atoms with Crippen LogP contribution in [-0.2, 0) is 4.74 Å². The number of nitrogens with zero attached hydrogens (tertiary/aromatic N) is 3. The van der Waals surface area contributed by atoms with E-state index in [2.05, 4.69) is 25.8 Å². The van der Waals surface area contributed by atoms with E-state index < -0.39 is 11.7 Å². The van der Waals surface area contributed by atoms with Crippen molar-refractivity contribution in [3.63, 3.8) is 0 Å². The van der Waals surface area contributed by atoms with Gasteiger partial charge in [0, 0.05) is 19.3 Å². The molecule has 0 unspecified atom stereocenters. The topological polar surface area (TPSA) is 157 Å². The van der Waals surface area contributed by atoms with Crippen molar-refractivity contribution in [3.05, 3.63) is 29.6 Å². The third kappa shape index (κ3) is 8.08. The quantitative estimate of drug-likeness (QED) is 0.247. The van der Waals surface area contributed by atoms with Crippen LogP contribution >= 0.6 is 0 Å². The number of hydrogen-bond donors (Lipinski definition) is 4. The zero-order valence-corrected chi connectivity index (χ0v) is 15.4. The molecule has 2 amide bonds. The average Bonchev–Trinajstić information content (AvgIpc) is 2.55. The highest BCUT2D eigenvalue weighted by atomic mass is 16.6. The standard InChI is InChI=1S/C16H25N7O3/c1-10(17)22-23-13(18)12-6-5-11(9-21-12)14(24)19-7-8-20-15(25)26-16(2,3)4/h5-6,9H,7-8H2,1-4H3,(H2,17,22)(H2,18,23)(H,19,24)(H,20,25). The number of rotatable bonds is 6. The third-order valence-corrected chi connectivity index (χ3v) is 2.68. The molecule has 0 aliphatic carbocycles. The van der Waals surface area contributed by atoms with Gasteiger partial charge in [0.2, 0.25) is 0 Å². The number of aromatic nitrogens is 1. The maximum Gasteiger partial charge on any atom is 0.407 e. The number of alkyl carbamates (subject to hydrolysis) is 1. The Morgan fingerprint density at radius 3 is 2.35 bits per heavy atom. The third-order valence-electron chi connectivity index (χ3n) is 2.68. The first-order valence-electron chi connectivity index (χ1n) is 7.93.